The van der Waals surface area contributed by atoms with Gasteiger partial charge in [-0.05, 0) is 17.7 Å². The van der Waals surface area contributed by atoms with Crippen molar-refractivity contribution < 1.29 is 9.47 Å². The summed E-state index contributed by atoms with van der Waals surface area (Å²) in [4.78, 5) is 6.77. The third kappa shape index (κ3) is 4.41. The fourth-order valence-corrected chi connectivity index (χ4v) is 3.39. The van der Waals surface area contributed by atoms with Gasteiger partial charge in [0.05, 0.1) is 13.2 Å². The van der Waals surface area contributed by atoms with E-state index in [1.54, 1.807) is 7.11 Å². The minimum absolute atomic E-state index is 0.440. The lowest BCUT2D eigenvalue weighted by Crippen LogP contribution is -2.36. The van der Waals surface area contributed by atoms with E-state index in [-0.39, 0.29) is 0 Å². The molecule has 2 aromatic rings. The zero-order chi connectivity index (χ0) is 16.1. The van der Waals surface area contributed by atoms with Crippen molar-refractivity contribution in [2.24, 2.45) is 0 Å². The molecule has 1 aromatic heterocycles. The Hall–Kier alpha value is -1.22. The number of anilines is 2. The molecule has 1 aliphatic rings. The van der Waals surface area contributed by atoms with E-state index in [0.29, 0.717) is 19.0 Å². The first-order valence-corrected chi connectivity index (χ1v) is 8.99. The largest absolute Gasteiger partial charge is 0.378 e. The Bertz CT molecular complexity index is 646. The van der Waals surface area contributed by atoms with E-state index in [1.165, 1.54) is 22.8 Å². The molecule has 0 radical (unpaired) electrons. The van der Waals surface area contributed by atoms with Gasteiger partial charge in [-0.15, -0.1) is 0 Å². The van der Waals surface area contributed by atoms with E-state index in [0.717, 1.165) is 35.9 Å². The Kier molecular flexibility index (Phi) is 5.82. The summed E-state index contributed by atoms with van der Waals surface area (Å²) in [5.74, 6) is 0.712. The van der Waals surface area contributed by atoms with Gasteiger partial charge in [-0.25, -0.2) is 4.98 Å². The molecule has 0 saturated carbocycles. The number of aromatic nitrogens is 2. The lowest BCUT2D eigenvalue weighted by atomic mass is 10.1. The van der Waals surface area contributed by atoms with Crippen LogP contribution in [0.3, 0.4) is 0 Å². The highest BCUT2D eigenvalue weighted by atomic mass is 79.9. The summed E-state index contributed by atoms with van der Waals surface area (Å²) < 4.78 is 15.8. The van der Waals surface area contributed by atoms with Crippen molar-refractivity contribution in [1.29, 1.82) is 0 Å². The van der Waals surface area contributed by atoms with E-state index in [4.69, 9.17) is 9.47 Å². The van der Waals surface area contributed by atoms with Crippen LogP contribution in [0, 0.1) is 0 Å². The van der Waals surface area contributed by atoms with Crippen LogP contribution in [0.25, 0.3) is 0 Å². The molecule has 0 unspecified atom stereocenters. The van der Waals surface area contributed by atoms with Gasteiger partial charge in [-0.3, -0.25) is 0 Å². The molecule has 0 amide bonds. The van der Waals surface area contributed by atoms with Crippen LogP contribution in [0.5, 0.6) is 0 Å². The maximum atomic E-state index is 5.45. The topological polar surface area (TPSA) is 59.5 Å². The Morgan fingerprint density at radius 3 is 3.00 bits per heavy atom. The Labute approximate surface area is 148 Å². The van der Waals surface area contributed by atoms with E-state index in [1.807, 2.05) is 0 Å². The van der Waals surface area contributed by atoms with Crippen molar-refractivity contribution in [2.45, 2.75) is 13.2 Å². The number of rotatable bonds is 6. The molecule has 2 heterocycles. The molecule has 0 aliphatic carbocycles. The molecule has 1 aromatic carbocycles. The van der Waals surface area contributed by atoms with Gasteiger partial charge in [-0.1, -0.05) is 22.0 Å². The lowest BCUT2D eigenvalue weighted by Gasteiger charge is -2.30. The van der Waals surface area contributed by atoms with Crippen LogP contribution in [0.15, 0.2) is 22.7 Å². The Morgan fingerprint density at radius 1 is 1.39 bits per heavy atom. The molecule has 0 spiro atoms. The Balaban J connectivity index is 1.71. The van der Waals surface area contributed by atoms with Crippen LogP contribution in [0.4, 0.5) is 10.8 Å². The zero-order valence-electron chi connectivity index (χ0n) is 12.9. The smallest absolute Gasteiger partial charge is 0.202 e. The summed E-state index contributed by atoms with van der Waals surface area (Å²) in [6.45, 7) is 4.53. The first-order chi connectivity index (χ1) is 11.3. The average Bonchev–Trinajstić information content (AvgIpc) is 3.02. The van der Waals surface area contributed by atoms with Crippen molar-refractivity contribution in [3.8, 4) is 0 Å². The maximum absolute atomic E-state index is 5.45. The van der Waals surface area contributed by atoms with Crippen molar-refractivity contribution in [1.82, 2.24) is 9.36 Å². The minimum Gasteiger partial charge on any atom is -0.378 e. The van der Waals surface area contributed by atoms with Crippen molar-refractivity contribution >= 4 is 38.3 Å². The zero-order valence-corrected chi connectivity index (χ0v) is 15.3. The molecule has 8 heteroatoms. The van der Waals surface area contributed by atoms with Crippen LogP contribution >= 0.6 is 27.5 Å². The second kappa shape index (κ2) is 8.05. The van der Waals surface area contributed by atoms with E-state index >= 15 is 0 Å². The number of halogens is 1. The number of nitrogens with one attached hydrogen (secondary N) is 1. The first-order valence-electron chi connectivity index (χ1n) is 7.43. The van der Waals surface area contributed by atoms with Crippen molar-refractivity contribution in [3.05, 3.63) is 34.1 Å². The van der Waals surface area contributed by atoms with Crippen LogP contribution in [0.1, 0.15) is 11.4 Å². The number of nitrogens with zero attached hydrogens (tertiary/aromatic N) is 3. The van der Waals surface area contributed by atoms with E-state index in [9.17, 15) is 0 Å². The summed E-state index contributed by atoms with van der Waals surface area (Å²) >= 11 is 4.93. The van der Waals surface area contributed by atoms with Crippen molar-refractivity contribution in [2.75, 3.05) is 43.6 Å². The summed E-state index contributed by atoms with van der Waals surface area (Å²) in [5.41, 5.74) is 2.47. The van der Waals surface area contributed by atoms with Gasteiger partial charge in [0.1, 0.15) is 6.61 Å². The van der Waals surface area contributed by atoms with Crippen LogP contribution in [-0.2, 0) is 22.6 Å². The average molecular weight is 399 g/mol. The molecule has 1 fully saturated rings. The van der Waals surface area contributed by atoms with E-state index < -0.39 is 0 Å². The Morgan fingerprint density at radius 2 is 2.22 bits per heavy atom. The maximum Gasteiger partial charge on any atom is 0.202 e. The van der Waals surface area contributed by atoms with E-state index in [2.05, 4.69) is 53.7 Å². The van der Waals surface area contributed by atoms with Gasteiger partial charge in [0, 0.05) is 48.4 Å². The van der Waals surface area contributed by atoms with Crippen LogP contribution in [-0.4, -0.2) is 42.8 Å². The number of benzene rings is 1. The minimum atomic E-state index is 0.440. The first kappa shape index (κ1) is 16.6. The number of hydrogen-bond donors (Lipinski definition) is 1. The fourth-order valence-electron chi connectivity index (χ4n) is 2.47. The van der Waals surface area contributed by atoms with Gasteiger partial charge in [0.2, 0.25) is 5.13 Å². The lowest BCUT2D eigenvalue weighted by molar-refractivity contribution is 0.122. The molecular weight excluding hydrogens is 380 g/mol. The SMILES string of the molecule is COCc1nsc(NCc2ccc(Br)cc2N2CCOCC2)n1. The fraction of sp³-hybridized carbons (Fsp3) is 0.467. The normalized spacial score (nSPS) is 15.0. The molecule has 1 N–H and O–H groups in total. The third-order valence-corrected chi connectivity index (χ3v) is 4.77. The molecule has 1 saturated heterocycles. The summed E-state index contributed by atoms with van der Waals surface area (Å²) in [6.07, 6.45) is 0. The number of ether oxygens (including phenoxy) is 2. The number of morpholine rings is 1. The monoisotopic (exact) mass is 398 g/mol. The number of hydrogen-bond acceptors (Lipinski definition) is 7. The molecule has 23 heavy (non-hydrogen) atoms. The third-order valence-electron chi connectivity index (χ3n) is 3.57. The quantitative estimate of drug-likeness (QED) is 0.806. The van der Waals surface area contributed by atoms with Gasteiger partial charge in [-0.2, -0.15) is 4.37 Å². The van der Waals surface area contributed by atoms with Gasteiger partial charge >= 0.3 is 0 Å². The van der Waals surface area contributed by atoms with Gasteiger partial charge in [0.25, 0.3) is 0 Å². The molecule has 1 aliphatic heterocycles. The number of methoxy groups -OCH3 is 1. The van der Waals surface area contributed by atoms with Crippen LogP contribution < -0.4 is 10.2 Å². The highest BCUT2D eigenvalue weighted by Crippen LogP contribution is 2.27. The van der Waals surface area contributed by atoms with Crippen LogP contribution in [0.2, 0.25) is 0 Å². The highest BCUT2D eigenvalue weighted by Gasteiger charge is 2.15. The van der Waals surface area contributed by atoms with Gasteiger partial charge in [0.15, 0.2) is 5.82 Å². The molecule has 3 rings (SSSR count). The molecule has 0 atom stereocenters. The predicted octanol–water partition coefficient (Wildman–Crippen LogP) is 2.90. The molecule has 124 valence electrons. The molecular formula is C15H19BrN4O2S. The summed E-state index contributed by atoms with van der Waals surface area (Å²) in [5, 5.41) is 4.17. The second-order valence-corrected chi connectivity index (χ2v) is 6.84. The summed E-state index contributed by atoms with van der Waals surface area (Å²) in [6, 6.07) is 6.37. The van der Waals surface area contributed by atoms with Crippen molar-refractivity contribution in [3.63, 3.8) is 0 Å². The second-order valence-electron chi connectivity index (χ2n) is 5.17. The molecule has 0 bridgehead atoms. The standard InChI is InChI=1S/C15H19BrN4O2S/c1-21-10-14-18-15(23-19-14)17-9-11-2-3-12(16)8-13(11)20-4-6-22-7-5-20/h2-3,8H,4-7,9-10H2,1H3,(H,17,18,19). The molecule has 6 nitrogen and oxygen atoms in total. The predicted molar refractivity (Wildman–Crippen MR) is 95.1 cm³/mol. The highest BCUT2D eigenvalue weighted by molar-refractivity contribution is 9.10. The van der Waals surface area contributed by atoms with Gasteiger partial charge < -0.3 is 19.7 Å². The summed E-state index contributed by atoms with van der Waals surface area (Å²) in [7, 11) is 1.64.